The van der Waals surface area contributed by atoms with Crippen molar-refractivity contribution in [1.82, 2.24) is 0 Å². The van der Waals surface area contributed by atoms with Crippen LogP contribution in [-0.4, -0.2) is 96.7 Å². The van der Waals surface area contributed by atoms with Gasteiger partial charge in [0.15, 0.2) is 12.2 Å². The number of phosphoric acid groups is 2. The van der Waals surface area contributed by atoms with Crippen LogP contribution in [0.1, 0.15) is 336 Å². The van der Waals surface area contributed by atoms with E-state index in [-0.39, 0.29) is 25.7 Å². The van der Waals surface area contributed by atoms with E-state index in [0.717, 1.165) is 154 Å². The highest BCUT2D eigenvalue weighted by Gasteiger charge is 2.30. The maximum Gasteiger partial charge on any atom is 0.472 e. The van der Waals surface area contributed by atoms with Crippen LogP contribution in [0.5, 0.6) is 0 Å². The maximum absolute atomic E-state index is 13.1. The third-order valence-electron chi connectivity index (χ3n) is 16.9. The minimum Gasteiger partial charge on any atom is -0.462 e. The van der Waals surface area contributed by atoms with Crippen LogP contribution in [0.15, 0.2) is 122 Å². The van der Waals surface area contributed by atoms with E-state index >= 15 is 0 Å². The molecule has 0 aliphatic rings. The number of esters is 4. The fraction of sp³-hybridized carbons (Fsp3) is 0.718. The van der Waals surface area contributed by atoms with Crippen molar-refractivity contribution >= 4 is 39.5 Å². The Morgan fingerprint density at radius 2 is 0.519 bits per heavy atom. The molecule has 0 radical (unpaired) electrons. The zero-order chi connectivity index (χ0) is 76.0. The molecule has 598 valence electrons. The van der Waals surface area contributed by atoms with E-state index in [9.17, 15) is 43.2 Å². The lowest BCUT2D eigenvalue weighted by atomic mass is 10.1. The summed E-state index contributed by atoms with van der Waals surface area (Å²) >= 11 is 0. The number of ether oxygens (including phenoxy) is 4. The van der Waals surface area contributed by atoms with Crippen LogP contribution in [0.25, 0.3) is 0 Å². The largest absolute Gasteiger partial charge is 0.472 e. The summed E-state index contributed by atoms with van der Waals surface area (Å²) in [5, 5.41) is 10.6. The molecule has 0 aromatic rings. The van der Waals surface area contributed by atoms with Gasteiger partial charge in [0.05, 0.1) is 26.4 Å². The zero-order valence-corrected chi connectivity index (χ0v) is 67.2. The predicted octanol–water partition coefficient (Wildman–Crippen LogP) is 23.9. The molecular weight excluding hydrogens is 1350 g/mol. The minimum absolute atomic E-state index is 0.0354. The number of hydrogen-bond donors (Lipinski definition) is 3. The van der Waals surface area contributed by atoms with Crippen LogP contribution in [0, 0.1) is 0 Å². The molecule has 0 heterocycles. The van der Waals surface area contributed by atoms with E-state index in [2.05, 4.69) is 131 Å². The van der Waals surface area contributed by atoms with E-state index in [1.54, 1.807) is 0 Å². The van der Waals surface area contributed by atoms with Crippen molar-refractivity contribution in [3.63, 3.8) is 0 Å². The molecule has 0 saturated carbocycles. The Kier molecular flexibility index (Phi) is 73.3. The number of phosphoric ester groups is 2. The summed E-state index contributed by atoms with van der Waals surface area (Å²) in [5.74, 6) is -2.29. The first-order valence-corrected chi connectivity index (χ1v) is 43.8. The first-order chi connectivity index (χ1) is 50.7. The molecule has 104 heavy (non-hydrogen) atoms. The Balaban J connectivity index is 5.45. The average Bonchev–Trinajstić information content (AvgIpc) is 0.943. The van der Waals surface area contributed by atoms with Gasteiger partial charge in [-0.2, -0.15) is 0 Å². The summed E-state index contributed by atoms with van der Waals surface area (Å²) in [7, 11) is -9.99. The van der Waals surface area contributed by atoms with Crippen molar-refractivity contribution in [3.05, 3.63) is 122 Å². The zero-order valence-electron chi connectivity index (χ0n) is 65.4. The molecule has 19 heteroatoms. The van der Waals surface area contributed by atoms with Gasteiger partial charge in [-0.3, -0.25) is 37.3 Å². The number of hydrogen-bond acceptors (Lipinski definition) is 15. The molecule has 0 spiro atoms. The molecule has 0 fully saturated rings. The molecule has 5 atom stereocenters. The predicted molar refractivity (Wildman–Crippen MR) is 427 cm³/mol. The monoisotopic (exact) mass is 1500 g/mol. The number of rotatable bonds is 76. The number of carbonyl (C=O) groups excluding carboxylic acids is 4. The number of allylic oxidation sites excluding steroid dienone is 20. The van der Waals surface area contributed by atoms with Crippen molar-refractivity contribution in [3.8, 4) is 0 Å². The summed E-state index contributed by atoms with van der Waals surface area (Å²) < 4.78 is 68.6. The lowest BCUT2D eigenvalue weighted by Crippen LogP contribution is -2.30. The highest BCUT2D eigenvalue weighted by molar-refractivity contribution is 7.47. The second kappa shape index (κ2) is 76.6. The molecule has 3 N–H and O–H groups in total. The van der Waals surface area contributed by atoms with Crippen LogP contribution in [0.4, 0.5) is 0 Å². The van der Waals surface area contributed by atoms with Gasteiger partial charge in [-0.15, -0.1) is 0 Å². The van der Waals surface area contributed by atoms with Crippen molar-refractivity contribution in [2.45, 2.75) is 354 Å². The summed E-state index contributed by atoms with van der Waals surface area (Å²) in [6.45, 7) is 4.63. The highest BCUT2D eigenvalue weighted by Crippen LogP contribution is 2.45. The first-order valence-electron chi connectivity index (χ1n) is 40.8. The van der Waals surface area contributed by atoms with Crippen LogP contribution in [-0.2, 0) is 65.4 Å². The first kappa shape index (κ1) is 99.5. The van der Waals surface area contributed by atoms with Gasteiger partial charge in [0.25, 0.3) is 0 Å². The van der Waals surface area contributed by atoms with E-state index in [0.29, 0.717) is 32.1 Å². The number of aliphatic hydroxyl groups is 1. The third-order valence-corrected chi connectivity index (χ3v) is 18.8. The maximum atomic E-state index is 13.1. The second-order valence-corrected chi connectivity index (χ2v) is 29.9. The number of carbonyl (C=O) groups is 4. The van der Waals surface area contributed by atoms with Crippen LogP contribution in [0.3, 0.4) is 0 Å². The van der Waals surface area contributed by atoms with Gasteiger partial charge in [0.1, 0.15) is 19.3 Å². The third kappa shape index (κ3) is 75.7. The lowest BCUT2D eigenvalue weighted by Gasteiger charge is -2.21. The topological polar surface area (TPSA) is 237 Å². The standard InChI is InChI=1S/C85H146O17P2/c1-5-9-13-17-21-25-29-33-37-38-39-40-44-48-52-56-60-64-68-72-85(90)102-81(76-96-83(88)70-66-62-58-54-50-46-42-35-31-27-23-19-15-11-7-3)78-100-104(93,94)98-74-79(86)73-97-103(91,92)99-77-80(101-84(89)71-67-63-59-55-51-47-43-36-32-28-24-20-16-12-8-4)75-95-82(87)69-65-61-57-53-49-45-41-34-30-26-22-18-14-10-6-2/h9,13,21,23,25-27,30,33,35-37,39-40,42-43,48,52,60,64,79-81,86H,5-8,10-12,14-20,22,24,28-29,31-32,34,38,41,44-47,49-51,53-59,61-63,65-78H2,1-4H3,(H,91,92)(H,93,94)/b13-9-,25-21-,27-23-,30-26-,37-33-,40-39-,42-35-,43-36-,52-48-,64-60-/t79-,80+,81+/m0/s1. The average molecular weight is 1500 g/mol. The molecule has 2 unspecified atom stereocenters. The van der Waals surface area contributed by atoms with Crippen molar-refractivity contribution in [2.75, 3.05) is 39.6 Å². The Labute approximate surface area is 632 Å². The smallest absolute Gasteiger partial charge is 0.462 e. The van der Waals surface area contributed by atoms with Crippen molar-refractivity contribution < 1.29 is 80.2 Å². The quantitative estimate of drug-likeness (QED) is 0.0169. The molecule has 17 nitrogen and oxygen atoms in total. The molecule has 0 aromatic carbocycles. The Morgan fingerprint density at radius 1 is 0.279 bits per heavy atom. The number of aliphatic hydroxyl groups excluding tert-OH is 1. The number of unbranched alkanes of at least 4 members (excludes halogenated alkanes) is 30. The van der Waals surface area contributed by atoms with E-state index in [1.165, 1.54) is 96.3 Å². The normalized spacial score (nSPS) is 14.5. The van der Waals surface area contributed by atoms with Crippen LogP contribution in [0.2, 0.25) is 0 Å². The van der Waals surface area contributed by atoms with Gasteiger partial charge < -0.3 is 33.8 Å². The summed E-state index contributed by atoms with van der Waals surface area (Å²) in [4.78, 5) is 73.0. The van der Waals surface area contributed by atoms with E-state index < -0.39 is 97.5 Å². The van der Waals surface area contributed by atoms with Crippen LogP contribution >= 0.6 is 15.6 Å². The van der Waals surface area contributed by atoms with Gasteiger partial charge in [-0.25, -0.2) is 9.13 Å². The second-order valence-electron chi connectivity index (χ2n) is 27.0. The van der Waals surface area contributed by atoms with Gasteiger partial charge in [-0.05, 0) is 148 Å². The summed E-state index contributed by atoms with van der Waals surface area (Å²) in [6.07, 6.45) is 84.7. The van der Waals surface area contributed by atoms with Gasteiger partial charge in [0.2, 0.25) is 0 Å². The molecule has 0 bridgehead atoms. The summed E-state index contributed by atoms with van der Waals surface area (Å²) in [5.41, 5.74) is 0. The lowest BCUT2D eigenvalue weighted by molar-refractivity contribution is -0.161. The van der Waals surface area contributed by atoms with Gasteiger partial charge in [-0.1, -0.05) is 284 Å². The van der Waals surface area contributed by atoms with Gasteiger partial charge in [0, 0.05) is 25.7 Å². The molecule has 0 rings (SSSR count). The molecule has 0 aromatic heterocycles. The molecule has 0 aliphatic carbocycles. The SMILES string of the molecule is CC/C=C\C/C=C\C/C=C\C/C=C\C/C=C\C/C=C\CCC(=O)O[C@H](COC(=O)CCCCCCC/C=C\C/C=C\CCCCC)COP(=O)(O)OC[C@@H](O)COP(=O)(O)OC[C@@H](COC(=O)CCCCCCCCC/C=C\CCCCCC)OC(=O)CCCCCCC/C=C\CCCCCCCC. The Bertz CT molecular complexity index is 2440. The molecule has 0 aliphatic heterocycles. The Hall–Kier alpha value is -4.54. The van der Waals surface area contributed by atoms with E-state index in [1.807, 2.05) is 18.2 Å². The van der Waals surface area contributed by atoms with Crippen molar-refractivity contribution in [2.24, 2.45) is 0 Å². The fourth-order valence-electron chi connectivity index (χ4n) is 10.7. The molecular formula is C85H146O17P2. The fourth-order valence-corrected chi connectivity index (χ4v) is 12.3. The van der Waals surface area contributed by atoms with E-state index in [4.69, 9.17) is 37.0 Å². The van der Waals surface area contributed by atoms with Gasteiger partial charge >= 0.3 is 39.5 Å². The Morgan fingerprint density at radius 3 is 0.865 bits per heavy atom. The van der Waals surface area contributed by atoms with Crippen LogP contribution < -0.4 is 0 Å². The summed E-state index contributed by atoms with van der Waals surface area (Å²) in [6, 6.07) is 0. The van der Waals surface area contributed by atoms with Crippen molar-refractivity contribution in [1.29, 1.82) is 0 Å². The highest BCUT2D eigenvalue weighted by atomic mass is 31.2. The molecule has 0 saturated heterocycles. The molecule has 0 amide bonds. The minimum atomic E-state index is -5.00.